The molecule has 5 nitrogen and oxygen atoms in total. The first-order chi connectivity index (χ1) is 11.2. The molecule has 0 N–H and O–H groups in total. The predicted octanol–water partition coefficient (Wildman–Crippen LogP) is 1.58. The van der Waals surface area contributed by atoms with Crippen LogP contribution in [0.25, 0.3) is 0 Å². The fourth-order valence-electron chi connectivity index (χ4n) is 4.73. The average Bonchev–Trinajstić information content (AvgIpc) is 2.95. The zero-order valence-electron chi connectivity index (χ0n) is 13.8. The van der Waals surface area contributed by atoms with Crippen molar-refractivity contribution in [1.82, 2.24) is 14.9 Å². The maximum atomic E-state index is 12.3. The SMILES string of the molecule is Cc1nc2c(c(N3CC4CN(C(=O)C5CC5)CC4C3)n1)CCC2. The predicted molar refractivity (Wildman–Crippen MR) is 87.3 cm³/mol. The van der Waals surface area contributed by atoms with Gasteiger partial charge in [0.25, 0.3) is 0 Å². The Hall–Kier alpha value is -1.65. The second-order valence-electron chi connectivity index (χ2n) is 7.82. The molecule has 0 radical (unpaired) electrons. The molecule has 2 aliphatic carbocycles. The van der Waals surface area contributed by atoms with Crippen molar-refractivity contribution >= 4 is 11.7 Å². The summed E-state index contributed by atoms with van der Waals surface area (Å²) in [5.41, 5.74) is 2.66. The molecule has 0 aromatic carbocycles. The van der Waals surface area contributed by atoms with E-state index < -0.39 is 0 Å². The van der Waals surface area contributed by atoms with E-state index in [9.17, 15) is 4.79 Å². The van der Waals surface area contributed by atoms with Gasteiger partial charge in [-0.2, -0.15) is 0 Å². The second-order valence-corrected chi connectivity index (χ2v) is 7.82. The highest BCUT2D eigenvalue weighted by molar-refractivity contribution is 5.81. The van der Waals surface area contributed by atoms with Gasteiger partial charge in [-0.15, -0.1) is 0 Å². The number of fused-ring (bicyclic) bond motifs is 2. The van der Waals surface area contributed by atoms with Crippen molar-refractivity contribution in [3.05, 3.63) is 17.1 Å². The standard InChI is InChI=1S/C18H24N4O/c1-11-19-16-4-2-3-15(16)17(20-11)21-7-13-9-22(10-14(13)8-21)18(23)12-5-6-12/h12-14H,2-10H2,1H3. The second kappa shape index (κ2) is 4.92. The lowest BCUT2D eigenvalue weighted by Gasteiger charge is -2.24. The van der Waals surface area contributed by atoms with Gasteiger partial charge in [-0.1, -0.05) is 0 Å². The molecule has 2 aliphatic heterocycles. The number of anilines is 1. The Balaban J connectivity index is 1.34. The normalized spacial score (nSPS) is 29.1. The van der Waals surface area contributed by atoms with Crippen molar-refractivity contribution < 1.29 is 4.79 Å². The van der Waals surface area contributed by atoms with Gasteiger partial charge in [0, 0.05) is 55.2 Å². The number of carbonyl (C=O) groups excluding carboxylic acids is 1. The van der Waals surface area contributed by atoms with Gasteiger partial charge in [0.05, 0.1) is 0 Å². The highest BCUT2D eigenvalue weighted by Crippen LogP contribution is 2.39. The topological polar surface area (TPSA) is 49.3 Å². The van der Waals surface area contributed by atoms with E-state index in [4.69, 9.17) is 4.98 Å². The molecular formula is C18H24N4O. The lowest BCUT2D eigenvalue weighted by Crippen LogP contribution is -2.34. The Morgan fingerprint density at radius 3 is 2.48 bits per heavy atom. The first-order valence-corrected chi connectivity index (χ1v) is 9.09. The van der Waals surface area contributed by atoms with Crippen molar-refractivity contribution in [2.75, 3.05) is 31.1 Å². The van der Waals surface area contributed by atoms with E-state index in [1.165, 1.54) is 23.5 Å². The number of amides is 1. The van der Waals surface area contributed by atoms with E-state index in [1.54, 1.807) is 0 Å². The first-order valence-electron chi connectivity index (χ1n) is 9.09. The number of hydrogen-bond acceptors (Lipinski definition) is 4. The van der Waals surface area contributed by atoms with Gasteiger partial charge in [-0.25, -0.2) is 9.97 Å². The summed E-state index contributed by atoms with van der Waals surface area (Å²) in [7, 11) is 0. The van der Waals surface area contributed by atoms with E-state index in [0.29, 0.717) is 23.7 Å². The Morgan fingerprint density at radius 1 is 1.04 bits per heavy atom. The Kier molecular flexibility index (Phi) is 2.94. The number of rotatable bonds is 2. The van der Waals surface area contributed by atoms with Crippen LogP contribution < -0.4 is 4.90 Å². The summed E-state index contributed by atoms with van der Waals surface area (Å²) < 4.78 is 0. The van der Waals surface area contributed by atoms with Gasteiger partial charge >= 0.3 is 0 Å². The summed E-state index contributed by atoms with van der Waals surface area (Å²) in [5.74, 6) is 4.14. The van der Waals surface area contributed by atoms with Gasteiger partial charge in [-0.05, 0) is 39.0 Å². The van der Waals surface area contributed by atoms with Crippen LogP contribution in [-0.4, -0.2) is 47.0 Å². The molecular weight excluding hydrogens is 288 g/mol. The van der Waals surface area contributed by atoms with Crippen LogP contribution in [0, 0.1) is 24.7 Å². The largest absolute Gasteiger partial charge is 0.356 e. The molecule has 122 valence electrons. The van der Waals surface area contributed by atoms with Crippen molar-refractivity contribution in [3.8, 4) is 0 Å². The fraction of sp³-hybridized carbons (Fsp3) is 0.722. The molecule has 3 heterocycles. The zero-order chi connectivity index (χ0) is 15.6. The van der Waals surface area contributed by atoms with Crippen LogP contribution in [0.4, 0.5) is 5.82 Å². The molecule has 3 fully saturated rings. The van der Waals surface area contributed by atoms with Crippen LogP contribution in [0.3, 0.4) is 0 Å². The van der Waals surface area contributed by atoms with Crippen molar-refractivity contribution in [2.24, 2.45) is 17.8 Å². The monoisotopic (exact) mass is 312 g/mol. The van der Waals surface area contributed by atoms with E-state index in [-0.39, 0.29) is 0 Å². The maximum absolute atomic E-state index is 12.3. The Bertz CT molecular complexity index is 655. The van der Waals surface area contributed by atoms with Gasteiger partial charge in [-0.3, -0.25) is 4.79 Å². The molecule has 1 aromatic rings. The van der Waals surface area contributed by atoms with E-state index in [1.807, 2.05) is 6.92 Å². The van der Waals surface area contributed by atoms with E-state index in [0.717, 1.165) is 57.7 Å². The molecule has 5 heteroatoms. The summed E-state index contributed by atoms with van der Waals surface area (Å²) in [6.45, 7) is 6.05. The van der Waals surface area contributed by atoms with Gasteiger partial charge < -0.3 is 9.80 Å². The first kappa shape index (κ1) is 13.8. The Labute approximate surface area is 137 Å². The van der Waals surface area contributed by atoms with E-state index in [2.05, 4.69) is 14.8 Å². The van der Waals surface area contributed by atoms with Crippen molar-refractivity contribution in [1.29, 1.82) is 0 Å². The zero-order valence-corrected chi connectivity index (χ0v) is 13.8. The third-order valence-corrected chi connectivity index (χ3v) is 6.05. The quantitative estimate of drug-likeness (QED) is 0.832. The fourth-order valence-corrected chi connectivity index (χ4v) is 4.73. The summed E-state index contributed by atoms with van der Waals surface area (Å²) in [6.07, 6.45) is 5.68. The minimum atomic E-state index is 0.359. The van der Waals surface area contributed by atoms with E-state index >= 15 is 0 Å². The van der Waals surface area contributed by atoms with Crippen LogP contribution >= 0.6 is 0 Å². The summed E-state index contributed by atoms with van der Waals surface area (Å²) in [6, 6.07) is 0. The summed E-state index contributed by atoms with van der Waals surface area (Å²) >= 11 is 0. The molecule has 2 saturated heterocycles. The average molecular weight is 312 g/mol. The third kappa shape index (κ3) is 2.24. The Morgan fingerprint density at radius 2 is 1.78 bits per heavy atom. The number of carbonyl (C=O) groups is 1. The van der Waals surface area contributed by atoms with Crippen LogP contribution in [-0.2, 0) is 17.6 Å². The molecule has 2 atom stereocenters. The van der Waals surface area contributed by atoms with Gasteiger partial charge in [0.2, 0.25) is 5.91 Å². The van der Waals surface area contributed by atoms with Gasteiger partial charge in [0.1, 0.15) is 11.6 Å². The number of aromatic nitrogens is 2. The molecule has 1 aromatic heterocycles. The number of nitrogens with zero attached hydrogens (tertiary/aromatic N) is 4. The highest BCUT2D eigenvalue weighted by atomic mass is 16.2. The van der Waals surface area contributed by atoms with Crippen LogP contribution in [0.2, 0.25) is 0 Å². The molecule has 1 amide bonds. The number of hydrogen-bond donors (Lipinski definition) is 0. The molecule has 0 bridgehead atoms. The van der Waals surface area contributed by atoms with Crippen LogP contribution in [0.5, 0.6) is 0 Å². The van der Waals surface area contributed by atoms with Crippen LogP contribution in [0.15, 0.2) is 0 Å². The van der Waals surface area contributed by atoms with Gasteiger partial charge in [0.15, 0.2) is 0 Å². The lowest BCUT2D eigenvalue weighted by molar-refractivity contribution is -0.131. The molecule has 23 heavy (non-hydrogen) atoms. The minimum absolute atomic E-state index is 0.359. The lowest BCUT2D eigenvalue weighted by atomic mass is 10.0. The van der Waals surface area contributed by atoms with Crippen molar-refractivity contribution in [3.63, 3.8) is 0 Å². The molecule has 5 rings (SSSR count). The summed E-state index contributed by atoms with van der Waals surface area (Å²) in [4.78, 5) is 26.3. The van der Waals surface area contributed by atoms with Crippen molar-refractivity contribution in [2.45, 2.75) is 39.0 Å². The molecule has 2 unspecified atom stereocenters. The maximum Gasteiger partial charge on any atom is 0.225 e. The highest BCUT2D eigenvalue weighted by Gasteiger charge is 2.45. The smallest absolute Gasteiger partial charge is 0.225 e. The minimum Gasteiger partial charge on any atom is -0.356 e. The third-order valence-electron chi connectivity index (χ3n) is 6.05. The molecule has 1 saturated carbocycles. The molecule has 4 aliphatic rings. The van der Waals surface area contributed by atoms with Crippen LogP contribution in [0.1, 0.15) is 36.3 Å². The number of likely N-dealkylation sites (tertiary alicyclic amines) is 1. The molecule has 0 spiro atoms. The summed E-state index contributed by atoms with van der Waals surface area (Å²) in [5, 5.41) is 0. The number of aryl methyl sites for hydroxylation is 2.